The Bertz CT molecular complexity index is 730. The number of piperidine rings is 1. The molecule has 0 N–H and O–H groups in total. The summed E-state index contributed by atoms with van der Waals surface area (Å²) in [5, 5.41) is 0. The molecule has 7 heteroatoms. The van der Waals surface area contributed by atoms with Crippen LogP contribution < -0.4 is 14.2 Å². The molecule has 1 aromatic carbocycles. The lowest BCUT2D eigenvalue weighted by Gasteiger charge is -2.32. The molecule has 7 nitrogen and oxygen atoms in total. The van der Waals surface area contributed by atoms with Gasteiger partial charge in [0.25, 0.3) is 5.91 Å². The van der Waals surface area contributed by atoms with E-state index < -0.39 is 0 Å². The Labute approximate surface area is 139 Å². The maximum Gasteiger partial charge on any atom is 0.253 e. The van der Waals surface area contributed by atoms with Gasteiger partial charge in [-0.2, -0.15) is 0 Å². The maximum atomic E-state index is 12.6. The maximum absolute atomic E-state index is 12.6. The van der Waals surface area contributed by atoms with Gasteiger partial charge in [0.05, 0.1) is 0 Å². The molecule has 2 aliphatic heterocycles. The number of rotatable bonds is 3. The third kappa shape index (κ3) is 2.97. The number of hydrogen-bond donors (Lipinski definition) is 0. The molecule has 24 heavy (non-hydrogen) atoms. The predicted octanol–water partition coefficient (Wildman–Crippen LogP) is 1.89. The number of fused-ring (bicyclic) bond motifs is 1. The number of aromatic nitrogens is 2. The third-order valence-electron chi connectivity index (χ3n) is 4.19. The van der Waals surface area contributed by atoms with Crippen LogP contribution in [0.5, 0.6) is 17.4 Å². The van der Waals surface area contributed by atoms with Crippen molar-refractivity contribution in [1.29, 1.82) is 0 Å². The second-order valence-electron chi connectivity index (χ2n) is 5.73. The molecule has 2 aliphatic rings. The summed E-state index contributed by atoms with van der Waals surface area (Å²) >= 11 is 0. The van der Waals surface area contributed by atoms with E-state index in [1.807, 2.05) is 4.90 Å². The van der Waals surface area contributed by atoms with E-state index >= 15 is 0 Å². The summed E-state index contributed by atoms with van der Waals surface area (Å²) in [6.45, 7) is 1.52. The van der Waals surface area contributed by atoms with Crippen LogP contribution in [0.15, 0.2) is 36.8 Å². The van der Waals surface area contributed by atoms with Crippen LogP contribution in [0.4, 0.5) is 0 Å². The van der Waals surface area contributed by atoms with Crippen molar-refractivity contribution in [2.75, 3.05) is 19.9 Å². The zero-order valence-corrected chi connectivity index (χ0v) is 13.1. The highest BCUT2D eigenvalue weighted by molar-refractivity contribution is 5.95. The van der Waals surface area contributed by atoms with Crippen LogP contribution in [0.25, 0.3) is 0 Å². The largest absolute Gasteiger partial charge is 0.474 e. The van der Waals surface area contributed by atoms with Gasteiger partial charge in [0.15, 0.2) is 11.5 Å². The number of benzene rings is 1. The SMILES string of the molecule is O=C(c1ccc2c(c1)OCO2)N1CCC(Oc2ccncn2)CC1. The molecule has 0 unspecified atom stereocenters. The number of ether oxygens (including phenoxy) is 3. The van der Waals surface area contributed by atoms with E-state index in [1.165, 1.54) is 6.33 Å². The lowest BCUT2D eigenvalue weighted by Crippen LogP contribution is -2.41. The lowest BCUT2D eigenvalue weighted by atomic mass is 10.1. The van der Waals surface area contributed by atoms with Crippen LogP contribution in [0.2, 0.25) is 0 Å². The first-order chi connectivity index (χ1) is 11.8. The molecule has 0 saturated carbocycles. The minimum absolute atomic E-state index is 0.00814. The molecule has 1 saturated heterocycles. The Morgan fingerprint density at radius 2 is 2.00 bits per heavy atom. The van der Waals surface area contributed by atoms with E-state index in [-0.39, 0.29) is 18.8 Å². The van der Waals surface area contributed by atoms with Crippen LogP contribution >= 0.6 is 0 Å². The molecule has 1 aromatic heterocycles. The Kier molecular flexibility index (Phi) is 3.90. The van der Waals surface area contributed by atoms with Gasteiger partial charge in [0.1, 0.15) is 12.4 Å². The number of hydrogen-bond acceptors (Lipinski definition) is 6. The van der Waals surface area contributed by atoms with Crippen molar-refractivity contribution in [3.05, 3.63) is 42.4 Å². The van der Waals surface area contributed by atoms with Crippen molar-refractivity contribution in [2.24, 2.45) is 0 Å². The Balaban J connectivity index is 1.36. The van der Waals surface area contributed by atoms with E-state index in [4.69, 9.17) is 14.2 Å². The fraction of sp³-hybridized carbons (Fsp3) is 0.353. The zero-order valence-electron chi connectivity index (χ0n) is 13.1. The molecule has 0 aliphatic carbocycles. The summed E-state index contributed by atoms with van der Waals surface area (Å²) in [7, 11) is 0. The molecule has 0 bridgehead atoms. The van der Waals surface area contributed by atoms with Crippen molar-refractivity contribution in [2.45, 2.75) is 18.9 Å². The van der Waals surface area contributed by atoms with Gasteiger partial charge in [-0.25, -0.2) is 9.97 Å². The summed E-state index contributed by atoms with van der Waals surface area (Å²) in [5.74, 6) is 1.89. The average Bonchev–Trinajstić information content (AvgIpc) is 3.10. The summed E-state index contributed by atoms with van der Waals surface area (Å²) in [6, 6.07) is 7.04. The molecule has 2 aromatic rings. The fourth-order valence-corrected chi connectivity index (χ4v) is 2.91. The molecule has 4 rings (SSSR count). The second kappa shape index (κ2) is 6.35. The van der Waals surface area contributed by atoms with Gasteiger partial charge in [0, 0.05) is 43.8 Å². The van der Waals surface area contributed by atoms with E-state index in [9.17, 15) is 4.79 Å². The number of carbonyl (C=O) groups is 1. The quantitative estimate of drug-likeness (QED) is 0.857. The number of likely N-dealkylation sites (tertiary alicyclic amines) is 1. The molecule has 3 heterocycles. The Morgan fingerprint density at radius 1 is 1.17 bits per heavy atom. The van der Waals surface area contributed by atoms with Crippen molar-refractivity contribution < 1.29 is 19.0 Å². The Morgan fingerprint density at radius 3 is 2.79 bits per heavy atom. The second-order valence-corrected chi connectivity index (χ2v) is 5.73. The number of amides is 1. The smallest absolute Gasteiger partial charge is 0.253 e. The van der Waals surface area contributed by atoms with Crippen LogP contribution in [0.1, 0.15) is 23.2 Å². The fourth-order valence-electron chi connectivity index (χ4n) is 2.91. The van der Waals surface area contributed by atoms with Gasteiger partial charge in [-0.3, -0.25) is 4.79 Å². The minimum atomic E-state index is 0.00814. The summed E-state index contributed by atoms with van der Waals surface area (Å²) in [5.41, 5.74) is 0.620. The molecule has 1 fully saturated rings. The monoisotopic (exact) mass is 327 g/mol. The normalized spacial score (nSPS) is 16.9. The van der Waals surface area contributed by atoms with Gasteiger partial charge < -0.3 is 19.1 Å². The first-order valence-electron chi connectivity index (χ1n) is 7.91. The van der Waals surface area contributed by atoms with Crippen LogP contribution in [-0.2, 0) is 0 Å². The van der Waals surface area contributed by atoms with E-state index in [2.05, 4.69) is 9.97 Å². The van der Waals surface area contributed by atoms with Gasteiger partial charge in [0.2, 0.25) is 12.7 Å². The van der Waals surface area contributed by atoms with Crippen LogP contribution in [0, 0.1) is 0 Å². The van der Waals surface area contributed by atoms with Crippen LogP contribution in [0.3, 0.4) is 0 Å². The minimum Gasteiger partial charge on any atom is -0.474 e. The summed E-state index contributed by atoms with van der Waals surface area (Å²) in [6.07, 6.45) is 4.75. The average molecular weight is 327 g/mol. The molecule has 0 spiro atoms. The predicted molar refractivity (Wildman–Crippen MR) is 84.2 cm³/mol. The Hall–Kier alpha value is -2.83. The number of carbonyl (C=O) groups excluding carboxylic acids is 1. The van der Waals surface area contributed by atoms with Crippen molar-refractivity contribution in [3.63, 3.8) is 0 Å². The standard InChI is InChI=1S/C17H17N3O4/c21-17(12-1-2-14-15(9-12)23-11-22-14)20-7-4-13(5-8-20)24-16-3-6-18-10-19-16/h1-3,6,9-10,13H,4-5,7-8,11H2. The zero-order chi connectivity index (χ0) is 16.4. The van der Waals surface area contributed by atoms with Gasteiger partial charge >= 0.3 is 0 Å². The van der Waals surface area contributed by atoms with E-state index in [1.54, 1.807) is 30.5 Å². The van der Waals surface area contributed by atoms with Crippen LogP contribution in [-0.4, -0.2) is 46.8 Å². The lowest BCUT2D eigenvalue weighted by molar-refractivity contribution is 0.0587. The summed E-state index contributed by atoms with van der Waals surface area (Å²) < 4.78 is 16.4. The molecular weight excluding hydrogens is 310 g/mol. The van der Waals surface area contributed by atoms with E-state index in [0.717, 1.165) is 12.8 Å². The molecular formula is C17H17N3O4. The van der Waals surface area contributed by atoms with E-state index in [0.29, 0.717) is 36.0 Å². The molecule has 0 radical (unpaired) electrons. The van der Waals surface area contributed by atoms with Gasteiger partial charge in [-0.15, -0.1) is 0 Å². The highest BCUT2D eigenvalue weighted by Gasteiger charge is 2.26. The highest BCUT2D eigenvalue weighted by Crippen LogP contribution is 2.33. The number of nitrogens with zero attached hydrogens (tertiary/aromatic N) is 3. The molecule has 1 amide bonds. The van der Waals surface area contributed by atoms with Crippen molar-refractivity contribution in [3.8, 4) is 17.4 Å². The van der Waals surface area contributed by atoms with Crippen molar-refractivity contribution >= 4 is 5.91 Å². The molecule has 124 valence electrons. The van der Waals surface area contributed by atoms with Gasteiger partial charge in [-0.1, -0.05) is 0 Å². The van der Waals surface area contributed by atoms with Crippen molar-refractivity contribution in [1.82, 2.24) is 14.9 Å². The third-order valence-corrected chi connectivity index (χ3v) is 4.19. The molecule has 0 atom stereocenters. The highest BCUT2D eigenvalue weighted by atomic mass is 16.7. The topological polar surface area (TPSA) is 73.8 Å². The van der Waals surface area contributed by atoms with Gasteiger partial charge in [-0.05, 0) is 18.2 Å². The first kappa shape index (κ1) is 14.7. The first-order valence-corrected chi connectivity index (χ1v) is 7.91. The summed E-state index contributed by atoms with van der Waals surface area (Å²) in [4.78, 5) is 22.4.